The molecule has 0 aliphatic rings. The molecule has 0 fully saturated rings. The highest BCUT2D eigenvalue weighted by molar-refractivity contribution is 5.71. The minimum Gasteiger partial charge on any atom is -0.462 e. The highest BCUT2D eigenvalue weighted by Gasteiger charge is 2.19. The molecule has 0 heterocycles. The lowest BCUT2D eigenvalue weighted by molar-refractivity contribution is -0.167. The van der Waals surface area contributed by atoms with Crippen molar-refractivity contribution in [3.63, 3.8) is 0 Å². The molecule has 0 aromatic carbocycles. The summed E-state index contributed by atoms with van der Waals surface area (Å²) in [6, 6.07) is 0. The van der Waals surface area contributed by atoms with Crippen LogP contribution in [-0.2, 0) is 28.6 Å². The van der Waals surface area contributed by atoms with E-state index in [1.165, 1.54) is 154 Å². The van der Waals surface area contributed by atoms with Gasteiger partial charge in [0.25, 0.3) is 0 Å². The van der Waals surface area contributed by atoms with Crippen LogP contribution in [0.3, 0.4) is 0 Å². The van der Waals surface area contributed by atoms with E-state index < -0.39 is 6.10 Å². The molecule has 0 aliphatic heterocycles. The van der Waals surface area contributed by atoms with Crippen molar-refractivity contribution >= 4 is 17.9 Å². The predicted molar refractivity (Wildman–Crippen MR) is 288 cm³/mol. The number of esters is 3. The third-order valence-corrected chi connectivity index (χ3v) is 12.5. The van der Waals surface area contributed by atoms with E-state index in [1.807, 2.05) is 0 Å². The SMILES string of the molecule is CC/C=C\C/C=C\C/C=C\C/C=C\CCCCCCCCCCCCCCCCC(=O)OCC(COC(=O)CCCCCCC/C=C\CCC)OC(=O)CCCCCCCCCCCCCC. The van der Waals surface area contributed by atoms with Gasteiger partial charge in [0.2, 0.25) is 0 Å². The van der Waals surface area contributed by atoms with Crippen molar-refractivity contribution in [3.8, 4) is 0 Å². The van der Waals surface area contributed by atoms with E-state index in [2.05, 4.69) is 81.5 Å². The number of hydrogen-bond acceptors (Lipinski definition) is 6. The van der Waals surface area contributed by atoms with Crippen molar-refractivity contribution in [2.24, 2.45) is 0 Å². The van der Waals surface area contributed by atoms with Crippen LogP contribution in [0.1, 0.15) is 290 Å². The molecule has 0 saturated heterocycles. The van der Waals surface area contributed by atoms with Gasteiger partial charge in [-0.15, -0.1) is 0 Å². The lowest BCUT2D eigenvalue weighted by Gasteiger charge is -2.18. The molecule has 6 heteroatoms. The number of hydrogen-bond donors (Lipinski definition) is 0. The molecule has 0 radical (unpaired) electrons. The van der Waals surface area contributed by atoms with Crippen LogP contribution in [0.25, 0.3) is 0 Å². The zero-order valence-electron chi connectivity index (χ0n) is 44.4. The zero-order chi connectivity index (χ0) is 48.6. The maximum atomic E-state index is 12.8. The first-order valence-electron chi connectivity index (χ1n) is 28.8. The summed E-state index contributed by atoms with van der Waals surface area (Å²) in [7, 11) is 0. The molecule has 0 spiro atoms. The van der Waals surface area contributed by atoms with Crippen molar-refractivity contribution < 1.29 is 28.6 Å². The van der Waals surface area contributed by atoms with Crippen LogP contribution in [0.15, 0.2) is 60.8 Å². The fourth-order valence-electron chi connectivity index (χ4n) is 8.20. The van der Waals surface area contributed by atoms with E-state index in [4.69, 9.17) is 14.2 Å². The summed E-state index contributed by atoms with van der Waals surface area (Å²) in [5, 5.41) is 0. The topological polar surface area (TPSA) is 78.9 Å². The average Bonchev–Trinajstić information content (AvgIpc) is 3.33. The Labute approximate surface area is 415 Å². The quantitative estimate of drug-likeness (QED) is 0.0262. The van der Waals surface area contributed by atoms with E-state index in [-0.39, 0.29) is 31.1 Å². The van der Waals surface area contributed by atoms with Crippen molar-refractivity contribution in [2.75, 3.05) is 13.2 Å². The van der Waals surface area contributed by atoms with Gasteiger partial charge < -0.3 is 14.2 Å². The van der Waals surface area contributed by atoms with Crippen LogP contribution in [-0.4, -0.2) is 37.2 Å². The molecule has 0 aromatic rings. The summed E-state index contributed by atoms with van der Waals surface area (Å²) in [4.78, 5) is 38.0. The van der Waals surface area contributed by atoms with Crippen molar-refractivity contribution in [1.29, 1.82) is 0 Å². The van der Waals surface area contributed by atoms with Crippen molar-refractivity contribution in [1.82, 2.24) is 0 Å². The first-order valence-corrected chi connectivity index (χ1v) is 28.8. The van der Waals surface area contributed by atoms with Crippen LogP contribution in [0, 0.1) is 0 Å². The van der Waals surface area contributed by atoms with Crippen LogP contribution >= 0.6 is 0 Å². The predicted octanol–water partition coefficient (Wildman–Crippen LogP) is 19.2. The molecule has 0 rings (SSSR count). The summed E-state index contributed by atoms with van der Waals surface area (Å²) in [5.74, 6) is -0.875. The van der Waals surface area contributed by atoms with Crippen molar-refractivity contribution in [3.05, 3.63) is 60.8 Å². The molecule has 0 bridgehead atoms. The fourth-order valence-corrected chi connectivity index (χ4v) is 8.20. The Bertz CT molecular complexity index is 1210. The second kappa shape index (κ2) is 55.7. The van der Waals surface area contributed by atoms with Crippen LogP contribution < -0.4 is 0 Å². The summed E-state index contributed by atoms with van der Waals surface area (Å²) >= 11 is 0. The molecule has 0 aliphatic carbocycles. The van der Waals surface area contributed by atoms with Crippen LogP contribution in [0.2, 0.25) is 0 Å². The third kappa shape index (κ3) is 53.9. The van der Waals surface area contributed by atoms with Gasteiger partial charge in [-0.25, -0.2) is 0 Å². The molecular weight excluding hydrogens is 829 g/mol. The molecule has 67 heavy (non-hydrogen) atoms. The Morgan fingerprint density at radius 3 is 0.985 bits per heavy atom. The molecule has 0 aromatic heterocycles. The third-order valence-electron chi connectivity index (χ3n) is 12.5. The molecule has 0 saturated carbocycles. The zero-order valence-corrected chi connectivity index (χ0v) is 44.4. The van der Waals surface area contributed by atoms with Gasteiger partial charge in [-0.1, -0.05) is 255 Å². The Kier molecular flexibility index (Phi) is 53.3. The largest absolute Gasteiger partial charge is 0.462 e. The van der Waals surface area contributed by atoms with Gasteiger partial charge in [-0.2, -0.15) is 0 Å². The second-order valence-electron chi connectivity index (χ2n) is 19.2. The fraction of sp³-hybridized carbons (Fsp3) is 0.787. The van der Waals surface area contributed by atoms with Gasteiger partial charge in [0, 0.05) is 19.3 Å². The summed E-state index contributed by atoms with van der Waals surface area (Å²) in [6.45, 7) is 6.48. The molecule has 1 atom stereocenters. The molecule has 1 unspecified atom stereocenters. The molecule has 388 valence electrons. The van der Waals surface area contributed by atoms with Gasteiger partial charge in [0.1, 0.15) is 13.2 Å². The van der Waals surface area contributed by atoms with E-state index in [1.54, 1.807) is 0 Å². The minimum atomic E-state index is -0.773. The first kappa shape index (κ1) is 64.1. The Hall–Kier alpha value is -2.89. The Balaban J connectivity index is 4.14. The minimum absolute atomic E-state index is 0.0737. The Morgan fingerprint density at radius 1 is 0.313 bits per heavy atom. The average molecular weight is 938 g/mol. The van der Waals surface area contributed by atoms with Gasteiger partial charge >= 0.3 is 17.9 Å². The lowest BCUT2D eigenvalue weighted by atomic mass is 10.0. The number of allylic oxidation sites excluding steroid dienone is 10. The number of carbonyl (C=O) groups excluding carboxylic acids is 3. The summed E-state index contributed by atoms with van der Waals surface area (Å²) in [6.07, 6.45) is 69.4. The van der Waals surface area contributed by atoms with Gasteiger partial charge in [-0.3, -0.25) is 14.4 Å². The smallest absolute Gasteiger partial charge is 0.306 e. The molecule has 6 nitrogen and oxygen atoms in total. The van der Waals surface area contributed by atoms with E-state index in [0.29, 0.717) is 19.3 Å². The molecule has 0 N–H and O–H groups in total. The highest BCUT2D eigenvalue weighted by atomic mass is 16.6. The lowest BCUT2D eigenvalue weighted by Crippen LogP contribution is -2.30. The summed E-state index contributed by atoms with van der Waals surface area (Å²) < 4.78 is 16.8. The maximum Gasteiger partial charge on any atom is 0.306 e. The van der Waals surface area contributed by atoms with Crippen LogP contribution in [0.5, 0.6) is 0 Å². The number of rotatable bonds is 52. The second-order valence-corrected chi connectivity index (χ2v) is 19.2. The van der Waals surface area contributed by atoms with E-state index in [9.17, 15) is 14.4 Å². The number of carbonyl (C=O) groups is 3. The Morgan fingerprint density at radius 2 is 0.612 bits per heavy atom. The normalized spacial score (nSPS) is 12.5. The highest BCUT2D eigenvalue weighted by Crippen LogP contribution is 2.16. The van der Waals surface area contributed by atoms with Crippen LogP contribution in [0.4, 0.5) is 0 Å². The van der Waals surface area contributed by atoms with Gasteiger partial charge in [-0.05, 0) is 77.0 Å². The summed E-state index contributed by atoms with van der Waals surface area (Å²) in [5.41, 5.74) is 0. The molecular formula is C61H108O6. The van der Waals surface area contributed by atoms with Gasteiger partial charge in [0.05, 0.1) is 0 Å². The van der Waals surface area contributed by atoms with Crippen molar-refractivity contribution in [2.45, 2.75) is 297 Å². The standard InChI is InChI=1S/C61H108O6/c1-4-7-10-13-16-19-22-24-25-26-27-28-29-30-31-32-33-34-35-36-37-38-40-42-45-48-51-54-60(63)66-57-58(56-65-59(62)53-50-47-44-41-21-18-15-12-9-6-3)67-61(64)55-52-49-46-43-39-23-20-17-14-11-8-5-2/h7,10,12,15-16,19,24-25,27-28,58H,4-6,8-9,11,13-14,17-18,20-23,26,29-57H2,1-3H3/b10-7-,15-12-,19-16-,25-24-,28-27-. The number of ether oxygens (including phenoxy) is 3. The van der Waals surface area contributed by atoms with E-state index >= 15 is 0 Å². The number of unbranched alkanes of at least 4 members (excludes halogenated alkanes) is 31. The van der Waals surface area contributed by atoms with Gasteiger partial charge in [0.15, 0.2) is 6.10 Å². The molecule has 0 amide bonds. The van der Waals surface area contributed by atoms with E-state index in [0.717, 1.165) is 96.3 Å². The maximum absolute atomic E-state index is 12.8. The first-order chi connectivity index (χ1) is 33.0. The monoisotopic (exact) mass is 937 g/mol.